The first kappa shape index (κ1) is 31.5. The first-order valence-corrected chi connectivity index (χ1v) is 13.1. The largest absolute Gasteiger partial charge is 0.481 e. The number of aliphatic carboxylic acids is 4. The summed E-state index contributed by atoms with van der Waals surface area (Å²) in [7, 11) is 0. The van der Waals surface area contributed by atoms with E-state index in [-0.39, 0.29) is 50.7 Å². The molecule has 218 valence electrons. The molecular formula is C25H20Br2F2N2O10. The van der Waals surface area contributed by atoms with E-state index < -0.39 is 59.4 Å². The molecule has 1 aliphatic heterocycles. The second kappa shape index (κ2) is 12.2. The van der Waals surface area contributed by atoms with Crippen LogP contribution in [0.4, 0.5) is 14.5 Å². The van der Waals surface area contributed by atoms with Crippen molar-refractivity contribution in [2.24, 2.45) is 0 Å². The van der Waals surface area contributed by atoms with Gasteiger partial charge in [0.25, 0.3) is 0 Å². The maximum Gasteiger partial charge on any atom is 0.352 e. The number of anilines is 1. The Morgan fingerprint density at radius 1 is 0.829 bits per heavy atom. The number of fused-ring (bicyclic) bond motifs is 2. The molecule has 2 heterocycles. The van der Waals surface area contributed by atoms with E-state index in [0.717, 1.165) is 0 Å². The molecular weight excluding hydrogens is 686 g/mol. The molecule has 0 saturated heterocycles. The van der Waals surface area contributed by atoms with E-state index in [2.05, 4.69) is 42.2 Å². The van der Waals surface area contributed by atoms with E-state index in [1.54, 1.807) is 6.07 Å². The van der Waals surface area contributed by atoms with Gasteiger partial charge in [0.1, 0.15) is 5.69 Å². The number of carbonyl (C=O) groups is 5. The van der Waals surface area contributed by atoms with Crippen molar-refractivity contribution in [1.82, 2.24) is 4.98 Å². The van der Waals surface area contributed by atoms with Gasteiger partial charge in [-0.3, -0.25) is 9.59 Å². The van der Waals surface area contributed by atoms with Gasteiger partial charge in [-0.2, -0.15) is 0 Å². The van der Waals surface area contributed by atoms with Crippen LogP contribution in [-0.2, 0) is 25.6 Å². The third kappa shape index (κ3) is 6.02. The van der Waals surface area contributed by atoms with E-state index >= 15 is 0 Å². The average Bonchev–Trinajstić information content (AvgIpc) is 3.44. The van der Waals surface area contributed by atoms with E-state index in [9.17, 15) is 43.0 Å². The monoisotopic (exact) mass is 704 g/mol. The fourth-order valence-electron chi connectivity index (χ4n) is 4.57. The normalized spacial score (nSPS) is 14.9. The van der Waals surface area contributed by atoms with E-state index in [0.29, 0.717) is 10.9 Å². The Labute approximate surface area is 245 Å². The molecule has 1 atom stereocenters. The number of H-pyrrole nitrogens is 1. The summed E-state index contributed by atoms with van der Waals surface area (Å²) in [6, 6.07) is 5.73. The number of rotatable bonds is 9. The molecule has 0 radical (unpaired) electrons. The second-order valence-corrected chi connectivity index (χ2v) is 10.5. The molecule has 3 aromatic rings. The molecule has 2 aromatic carbocycles. The quantitative estimate of drug-likeness (QED) is 0.152. The fourth-order valence-corrected chi connectivity index (χ4v) is 5.23. The number of halogens is 4. The standard InChI is InChI=1S/C13H11BrFNO6.C12H9BrFNO4/c14-7-3-1-5-6(2-4-8(17)18)13(11(19)20,12(21)22)16-10(5)9(7)15;13-7-3-1-5-6(2-4-8(16)17)11(12(18)19)15-10(5)9(7)14/h1,3,6,16H,2,4H2,(H,17,18)(H,19,20)(H,21,22);1,3,15H,2,4H2,(H,16,17)(H,18,19). The first-order valence-electron chi connectivity index (χ1n) is 11.5. The van der Waals surface area contributed by atoms with Crippen molar-refractivity contribution in [3.8, 4) is 0 Å². The highest BCUT2D eigenvalue weighted by molar-refractivity contribution is 9.10. The molecule has 16 heteroatoms. The zero-order valence-electron chi connectivity index (χ0n) is 20.5. The summed E-state index contributed by atoms with van der Waals surface area (Å²) in [4.78, 5) is 58.1. The lowest BCUT2D eigenvalue weighted by molar-refractivity contribution is -0.157. The van der Waals surface area contributed by atoms with Gasteiger partial charge in [-0.15, -0.1) is 0 Å². The highest BCUT2D eigenvalue weighted by Crippen LogP contribution is 2.48. The molecule has 1 aliphatic rings. The molecule has 12 nitrogen and oxygen atoms in total. The summed E-state index contributed by atoms with van der Waals surface area (Å²) in [5.41, 5.74) is -2.42. The van der Waals surface area contributed by atoms with Crippen molar-refractivity contribution >= 4 is 78.3 Å². The summed E-state index contributed by atoms with van der Waals surface area (Å²) in [5.74, 6) is -9.52. The minimum Gasteiger partial charge on any atom is -0.481 e. The molecule has 1 unspecified atom stereocenters. The number of hydrogen-bond acceptors (Lipinski definition) is 6. The Morgan fingerprint density at radius 3 is 1.93 bits per heavy atom. The molecule has 7 N–H and O–H groups in total. The third-order valence-corrected chi connectivity index (χ3v) is 7.67. The lowest BCUT2D eigenvalue weighted by Gasteiger charge is -2.27. The summed E-state index contributed by atoms with van der Waals surface area (Å²) in [5, 5.41) is 47.9. The van der Waals surface area contributed by atoms with Gasteiger partial charge < -0.3 is 35.8 Å². The number of carboxylic acid groups (broad SMARTS) is 5. The summed E-state index contributed by atoms with van der Waals surface area (Å²) < 4.78 is 28.3. The van der Waals surface area contributed by atoms with E-state index in [4.69, 9.17) is 15.3 Å². The third-order valence-electron chi connectivity index (χ3n) is 6.44. The van der Waals surface area contributed by atoms with Crippen LogP contribution < -0.4 is 5.32 Å². The van der Waals surface area contributed by atoms with Crippen molar-refractivity contribution in [2.75, 3.05) is 5.32 Å². The van der Waals surface area contributed by atoms with E-state index in [1.807, 2.05) is 0 Å². The van der Waals surface area contributed by atoms with E-state index in [1.165, 1.54) is 18.2 Å². The van der Waals surface area contributed by atoms with Crippen LogP contribution in [-0.4, -0.2) is 65.9 Å². The number of aromatic nitrogens is 1. The van der Waals surface area contributed by atoms with Gasteiger partial charge in [0.15, 0.2) is 11.6 Å². The minimum absolute atomic E-state index is 0.0258. The number of benzene rings is 2. The number of aromatic amines is 1. The molecule has 0 fully saturated rings. The Bertz CT molecular complexity index is 1580. The summed E-state index contributed by atoms with van der Waals surface area (Å²) in [6.45, 7) is 0. The molecule has 0 spiro atoms. The molecule has 0 amide bonds. The predicted octanol–water partition coefficient (Wildman–Crippen LogP) is 4.66. The zero-order valence-corrected chi connectivity index (χ0v) is 23.7. The van der Waals surface area contributed by atoms with Gasteiger partial charge >= 0.3 is 29.8 Å². The minimum atomic E-state index is -2.50. The van der Waals surface area contributed by atoms with Crippen LogP contribution in [0.25, 0.3) is 10.9 Å². The zero-order chi connectivity index (χ0) is 30.8. The van der Waals surface area contributed by atoms with Gasteiger partial charge in [0.05, 0.1) is 20.1 Å². The van der Waals surface area contributed by atoms with Crippen LogP contribution in [0, 0.1) is 11.6 Å². The van der Waals surface area contributed by atoms with Gasteiger partial charge in [0.2, 0.25) is 5.54 Å². The SMILES string of the molecule is O=C(O)CCC1c2ccc(Br)c(F)c2NC1(C(=O)O)C(=O)O.O=C(O)CCc1c(C(=O)O)[nH]c2c(F)c(Br)ccc12. The van der Waals surface area contributed by atoms with Crippen LogP contribution in [0.3, 0.4) is 0 Å². The van der Waals surface area contributed by atoms with Crippen LogP contribution >= 0.6 is 31.9 Å². The van der Waals surface area contributed by atoms with Crippen LogP contribution in [0.2, 0.25) is 0 Å². The lowest BCUT2D eigenvalue weighted by Crippen LogP contribution is -2.54. The number of aromatic carboxylic acids is 1. The number of carboxylic acids is 5. The molecule has 1 aromatic heterocycles. The first-order chi connectivity index (χ1) is 19.1. The molecule has 0 bridgehead atoms. The maximum atomic E-state index is 14.1. The second-order valence-electron chi connectivity index (χ2n) is 8.82. The lowest BCUT2D eigenvalue weighted by atomic mass is 9.79. The highest BCUT2D eigenvalue weighted by atomic mass is 79.9. The van der Waals surface area contributed by atoms with Crippen molar-refractivity contribution in [1.29, 1.82) is 0 Å². The van der Waals surface area contributed by atoms with Crippen LogP contribution in [0.1, 0.15) is 46.8 Å². The van der Waals surface area contributed by atoms with Gasteiger partial charge in [-0.05, 0) is 68.0 Å². The topological polar surface area (TPSA) is 214 Å². The van der Waals surface area contributed by atoms with Crippen LogP contribution in [0.5, 0.6) is 0 Å². The summed E-state index contributed by atoms with van der Waals surface area (Å²) in [6.07, 6.45) is -0.885. The number of hydrogen-bond donors (Lipinski definition) is 7. The molecule has 4 rings (SSSR count). The van der Waals surface area contributed by atoms with Gasteiger partial charge in [0, 0.05) is 24.1 Å². The molecule has 0 aliphatic carbocycles. The van der Waals surface area contributed by atoms with Crippen LogP contribution in [0.15, 0.2) is 33.2 Å². The van der Waals surface area contributed by atoms with Crippen molar-refractivity contribution < 1.29 is 58.3 Å². The molecule has 41 heavy (non-hydrogen) atoms. The maximum absolute atomic E-state index is 14.1. The summed E-state index contributed by atoms with van der Waals surface area (Å²) >= 11 is 5.95. The van der Waals surface area contributed by atoms with Gasteiger partial charge in [-0.25, -0.2) is 23.2 Å². The smallest absolute Gasteiger partial charge is 0.352 e. The number of nitrogens with one attached hydrogen (secondary N) is 2. The average molecular weight is 706 g/mol. The van der Waals surface area contributed by atoms with Crippen molar-refractivity contribution in [2.45, 2.75) is 37.1 Å². The Kier molecular flexibility index (Phi) is 9.38. The molecule has 0 saturated carbocycles. The Morgan fingerprint density at radius 2 is 1.39 bits per heavy atom. The Hall–Kier alpha value is -4.05. The highest BCUT2D eigenvalue weighted by Gasteiger charge is 2.59. The van der Waals surface area contributed by atoms with Gasteiger partial charge in [-0.1, -0.05) is 12.1 Å². The number of aryl methyl sites for hydroxylation is 1. The van der Waals surface area contributed by atoms with Crippen molar-refractivity contribution in [3.05, 3.63) is 61.7 Å². The predicted molar refractivity (Wildman–Crippen MR) is 144 cm³/mol. The van der Waals surface area contributed by atoms with Crippen molar-refractivity contribution in [3.63, 3.8) is 0 Å². The Balaban J connectivity index is 0.000000228. The fraction of sp³-hybridized carbons (Fsp3) is 0.240.